The van der Waals surface area contributed by atoms with Gasteiger partial charge >= 0.3 is 0 Å². The third-order valence-electron chi connectivity index (χ3n) is 2.49. The van der Waals surface area contributed by atoms with Gasteiger partial charge in [-0.1, -0.05) is 41.7 Å². The number of ether oxygens (including phenoxy) is 1. The third-order valence-corrected chi connectivity index (χ3v) is 3.36. The zero-order chi connectivity index (χ0) is 12.6. The largest absolute Gasteiger partial charge is 0.470 e. The first-order valence-corrected chi connectivity index (χ1v) is 7.02. The topological polar surface area (TPSA) is 34.1 Å². The molecule has 18 heavy (non-hydrogen) atoms. The second kappa shape index (κ2) is 7.13. The Labute approximate surface area is 112 Å². The van der Waals surface area contributed by atoms with Crippen LogP contribution in [0.1, 0.15) is 17.7 Å². The summed E-state index contributed by atoms with van der Waals surface area (Å²) in [5.74, 6) is 0. The zero-order valence-corrected chi connectivity index (χ0v) is 11.4. The average molecular weight is 262 g/mol. The van der Waals surface area contributed by atoms with E-state index in [2.05, 4.69) is 34.6 Å². The molecule has 0 radical (unpaired) electrons. The molecule has 0 fully saturated rings. The van der Waals surface area contributed by atoms with E-state index in [1.807, 2.05) is 18.4 Å². The van der Waals surface area contributed by atoms with Crippen LogP contribution in [-0.2, 0) is 6.54 Å². The van der Waals surface area contributed by atoms with Crippen molar-refractivity contribution < 1.29 is 4.74 Å². The van der Waals surface area contributed by atoms with Crippen LogP contribution >= 0.6 is 11.3 Å². The van der Waals surface area contributed by atoms with Gasteiger partial charge in [0.1, 0.15) is 0 Å². The summed E-state index contributed by atoms with van der Waals surface area (Å²) >= 11 is 1.56. The van der Waals surface area contributed by atoms with Crippen LogP contribution < -0.4 is 10.1 Å². The highest BCUT2D eigenvalue weighted by Gasteiger charge is 1.98. The maximum atomic E-state index is 5.55. The van der Waals surface area contributed by atoms with E-state index in [1.54, 1.807) is 11.3 Å². The van der Waals surface area contributed by atoms with Crippen molar-refractivity contribution in [2.75, 3.05) is 13.2 Å². The van der Waals surface area contributed by atoms with Crippen LogP contribution in [0.3, 0.4) is 0 Å². The molecule has 96 valence electrons. The van der Waals surface area contributed by atoms with Gasteiger partial charge in [0.15, 0.2) is 0 Å². The molecule has 0 aliphatic carbocycles. The Morgan fingerprint density at radius 1 is 1.28 bits per heavy atom. The van der Waals surface area contributed by atoms with Gasteiger partial charge in [-0.3, -0.25) is 0 Å². The lowest BCUT2D eigenvalue weighted by molar-refractivity contribution is 0.306. The number of benzene rings is 1. The highest BCUT2D eigenvalue weighted by atomic mass is 32.1. The second-order valence-corrected chi connectivity index (χ2v) is 4.94. The molecule has 1 heterocycles. The monoisotopic (exact) mass is 262 g/mol. The molecule has 0 amide bonds. The summed E-state index contributed by atoms with van der Waals surface area (Å²) in [5.41, 5.74) is 2.34. The molecule has 3 nitrogen and oxygen atoms in total. The Balaban J connectivity index is 1.54. The van der Waals surface area contributed by atoms with Crippen molar-refractivity contribution in [2.24, 2.45) is 0 Å². The van der Waals surface area contributed by atoms with Crippen molar-refractivity contribution in [3.8, 4) is 5.19 Å². The van der Waals surface area contributed by atoms with E-state index in [0.717, 1.165) is 37.0 Å². The van der Waals surface area contributed by atoms with Gasteiger partial charge in [0.25, 0.3) is 5.19 Å². The van der Waals surface area contributed by atoms with Gasteiger partial charge in [0, 0.05) is 11.9 Å². The standard InChI is InChI=1S/C14H18N2OS/c1-12-11-18-14(16-12)17-9-5-8-15-10-13-6-3-2-4-7-13/h2-4,6-7,11,15H,5,8-10H2,1H3. The normalized spacial score (nSPS) is 10.5. The summed E-state index contributed by atoms with van der Waals surface area (Å²) < 4.78 is 5.55. The van der Waals surface area contributed by atoms with Crippen LogP contribution in [0.2, 0.25) is 0 Å². The smallest absolute Gasteiger partial charge is 0.273 e. The lowest BCUT2D eigenvalue weighted by Crippen LogP contribution is -2.16. The summed E-state index contributed by atoms with van der Waals surface area (Å²) in [7, 11) is 0. The molecule has 0 atom stereocenters. The van der Waals surface area contributed by atoms with Gasteiger partial charge in [0.05, 0.1) is 12.3 Å². The second-order valence-electron chi connectivity index (χ2n) is 4.12. The van der Waals surface area contributed by atoms with Gasteiger partial charge in [-0.25, -0.2) is 4.98 Å². The molecule has 0 unspecified atom stereocenters. The van der Waals surface area contributed by atoms with Gasteiger partial charge in [-0.15, -0.1) is 0 Å². The average Bonchev–Trinajstić information content (AvgIpc) is 2.81. The lowest BCUT2D eigenvalue weighted by atomic mass is 10.2. The molecule has 1 N–H and O–H groups in total. The first-order valence-electron chi connectivity index (χ1n) is 6.14. The van der Waals surface area contributed by atoms with E-state index >= 15 is 0 Å². The van der Waals surface area contributed by atoms with Crippen LogP contribution in [0.4, 0.5) is 0 Å². The van der Waals surface area contributed by atoms with Crippen molar-refractivity contribution in [1.82, 2.24) is 10.3 Å². The van der Waals surface area contributed by atoms with Gasteiger partial charge < -0.3 is 10.1 Å². The molecular formula is C14H18N2OS. The predicted octanol–water partition coefficient (Wildman–Crippen LogP) is 3.01. The zero-order valence-electron chi connectivity index (χ0n) is 10.6. The van der Waals surface area contributed by atoms with Gasteiger partial charge in [-0.05, 0) is 25.5 Å². The number of aryl methyl sites for hydroxylation is 1. The number of nitrogens with one attached hydrogen (secondary N) is 1. The first kappa shape index (κ1) is 13.1. The maximum absolute atomic E-state index is 5.55. The summed E-state index contributed by atoms with van der Waals surface area (Å²) in [6, 6.07) is 10.4. The lowest BCUT2D eigenvalue weighted by Gasteiger charge is -2.05. The highest BCUT2D eigenvalue weighted by Crippen LogP contribution is 2.16. The Bertz CT molecular complexity index is 456. The van der Waals surface area contributed by atoms with Crippen LogP contribution in [-0.4, -0.2) is 18.1 Å². The first-order chi connectivity index (χ1) is 8.84. The molecule has 0 spiro atoms. The fourth-order valence-corrected chi connectivity index (χ4v) is 2.26. The minimum Gasteiger partial charge on any atom is -0.470 e. The van der Waals surface area contributed by atoms with Crippen LogP contribution in [0, 0.1) is 6.92 Å². The minimum absolute atomic E-state index is 0.717. The molecular weight excluding hydrogens is 244 g/mol. The third kappa shape index (κ3) is 4.47. The number of hydrogen-bond donors (Lipinski definition) is 1. The molecule has 1 aromatic heterocycles. The van der Waals surface area contributed by atoms with Crippen molar-refractivity contribution in [1.29, 1.82) is 0 Å². The Morgan fingerprint density at radius 2 is 2.11 bits per heavy atom. The molecule has 0 bridgehead atoms. The Morgan fingerprint density at radius 3 is 2.83 bits per heavy atom. The van der Waals surface area contributed by atoms with Crippen molar-refractivity contribution in [3.05, 3.63) is 47.0 Å². The Kier molecular flexibility index (Phi) is 5.17. The van der Waals surface area contributed by atoms with E-state index in [9.17, 15) is 0 Å². The number of nitrogens with zero attached hydrogens (tertiary/aromatic N) is 1. The fraction of sp³-hybridized carbons (Fsp3) is 0.357. The summed E-state index contributed by atoms with van der Waals surface area (Å²) in [5, 5.41) is 6.17. The van der Waals surface area contributed by atoms with E-state index in [4.69, 9.17) is 4.74 Å². The van der Waals surface area contributed by atoms with E-state index in [0.29, 0.717) is 0 Å². The maximum Gasteiger partial charge on any atom is 0.273 e. The predicted molar refractivity (Wildman–Crippen MR) is 75.1 cm³/mol. The van der Waals surface area contributed by atoms with E-state index in [-0.39, 0.29) is 0 Å². The van der Waals surface area contributed by atoms with E-state index < -0.39 is 0 Å². The van der Waals surface area contributed by atoms with Gasteiger partial charge in [0.2, 0.25) is 0 Å². The van der Waals surface area contributed by atoms with Crippen molar-refractivity contribution in [3.63, 3.8) is 0 Å². The van der Waals surface area contributed by atoms with Gasteiger partial charge in [-0.2, -0.15) is 0 Å². The molecule has 4 heteroatoms. The molecule has 0 aliphatic rings. The molecule has 2 aromatic rings. The number of hydrogen-bond acceptors (Lipinski definition) is 4. The number of aromatic nitrogens is 1. The molecule has 1 aromatic carbocycles. The number of rotatable bonds is 7. The number of thiazole rings is 1. The molecule has 0 saturated carbocycles. The molecule has 0 aliphatic heterocycles. The fourth-order valence-electron chi connectivity index (χ4n) is 1.58. The molecule has 0 saturated heterocycles. The van der Waals surface area contributed by atoms with Crippen LogP contribution in [0.15, 0.2) is 35.7 Å². The van der Waals surface area contributed by atoms with Crippen LogP contribution in [0.5, 0.6) is 5.19 Å². The van der Waals surface area contributed by atoms with Crippen molar-refractivity contribution >= 4 is 11.3 Å². The quantitative estimate of drug-likeness (QED) is 0.779. The van der Waals surface area contributed by atoms with Crippen LogP contribution in [0.25, 0.3) is 0 Å². The van der Waals surface area contributed by atoms with Crippen molar-refractivity contribution in [2.45, 2.75) is 19.9 Å². The Hall–Kier alpha value is -1.39. The van der Waals surface area contributed by atoms with E-state index in [1.165, 1.54) is 5.56 Å². The summed E-state index contributed by atoms with van der Waals surface area (Å²) in [6.07, 6.45) is 0.992. The SMILES string of the molecule is Cc1csc(OCCCNCc2ccccc2)n1. The summed E-state index contributed by atoms with van der Waals surface area (Å²) in [6.45, 7) is 4.57. The summed E-state index contributed by atoms with van der Waals surface area (Å²) in [4.78, 5) is 4.25. The highest BCUT2D eigenvalue weighted by molar-refractivity contribution is 7.11. The minimum atomic E-state index is 0.717. The molecule has 2 rings (SSSR count).